The van der Waals surface area contributed by atoms with Gasteiger partial charge in [0.25, 0.3) is 0 Å². The largest absolute Gasteiger partial charge is 0.454 e. The molecule has 0 aliphatic carbocycles. The summed E-state index contributed by atoms with van der Waals surface area (Å²) < 4.78 is 10.9. The molecule has 1 aliphatic rings. The molecule has 2 heterocycles. The van der Waals surface area contributed by atoms with Gasteiger partial charge in [-0.1, -0.05) is 6.92 Å². The molecule has 0 unspecified atom stereocenters. The number of hydrogen-bond acceptors (Lipinski definition) is 3. The zero-order valence-corrected chi connectivity index (χ0v) is 12.4. The minimum atomic E-state index is 0.328. The number of hydrogen-bond donors (Lipinski definition) is 1. The zero-order valence-electron chi connectivity index (χ0n) is 12.4. The monoisotopic (exact) mass is 274 g/mol. The molecule has 1 aliphatic heterocycles. The number of fused-ring (bicyclic) bond motifs is 2. The van der Waals surface area contributed by atoms with Crippen molar-refractivity contribution in [2.24, 2.45) is 0 Å². The van der Waals surface area contributed by atoms with Gasteiger partial charge in [-0.25, -0.2) is 0 Å². The minimum Gasteiger partial charge on any atom is -0.454 e. The number of nitrogens with zero attached hydrogens (tertiary/aromatic N) is 1. The van der Waals surface area contributed by atoms with Gasteiger partial charge in [-0.15, -0.1) is 0 Å². The van der Waals surface area contributed by atoms with Gasteiger partial charge in [0.15, 0.2) is 11.5 Å². The highest BCUT2D eigenvalue weighted by Gasteiger charge is 2.17. The van der Waals surface area contributed by atoms with E-state index in [-0.39, 0.29) is 0 Å². The molecule has 0 radical (unpaired) electrons. The van der Waals surface area contributed by atoms with Crippen LogP contribution in [0.2, 0.25) is 0 Å². The number of aromatic nitrogens is 1. The maximum absolute atomic E-state index is 5.47. The Morgan fingerprint density at radius 2 is 2.00 bits per heavy atom. The fourth-order valence-electron chi connectivity index (χ4n) is 2.82. The topological polar surface area (TPSA) is 37.5 Å². The highest BCUT2D eigenvalue weighted by Crippen LogP contribution is 2.36. The summed E-state index contributed by atoms with van der Waals surface area (Å²) in [4.78, 5) is 5.81. The Labute approximate surface area is 119 Å². The van der Waals surface area contributed by atoms with Crippen LogP contribution in [0.1, 0.15) is 26.3 Å². The number of benzene rings is 1. The number of rotatable bonds is 5. The number of H-pyrrole nitrogens is 1. The molecule has 0 amide bonds. The third kappa shape index (κ3) is 2.36. The van der Waals surface area contributed by atoms with E-state index in [1.807, 2.05) is 6.07 Å². The predicted molar refractivity (Wildman–Crippen MR) is 80.5 cm³/mol. The smallest absolute Gasteiger partial charge is 0.231 e. The van der Waals surface area contributed by atoms with E-state index < -0.39 is 0 Å². The molecule has 3 rings (SSSR count). The van der Waals surface area contributed by atoms with Gasteiger partial charge in [-0.2, -0.15) is 0 Å². The third-order valence-corrected chi connectivity index (χ3v) is 4.07. The molecule has 0 saturated heterocycles. The van der Waals surface area contributed by atoms with E-state index in [2.05, 4.69) is 42.9 Å². The predicted octanol–water partition coefficient (Wildman–Crippen LogP) is 3.17. The van der Waals surface area contributed by atoms with E-state index in [0.717, 1.165) is 36.5 Å². The lowest BCUT2D eigenvalue weighted by molar-refractivity contribution is 0.174. The average molecular weight is 274 g/mol. The highest BCUT2D eigenvalue weighted by atomic mass is 16.7. The molecule has 4 heteroatoms. The summed E-state index contributed by atoms with van der Waals surface area (Å²) in [6.07, 6.45) is 3.15. The van der Waals surface area contributed by atoms with Crippen molar-refractivity contribution in [1.29, 1.82) is 0 Å². The Morgan fingerprint density at radius 1 is 1.25 bits per heavy atom. The molecule has 4 nitrogen and oxygen atoms in total. The summed E-state index contributed by atoms with van der Waals surface area (Å²) in [5.74, 6) is 1.69. The standard InChI is InChI=1S/C16H22N2O2/c1-4-18(11(2)3)6-5-12-9-17-14-8-16-15(7-13(12)14)19-10-20-16/h7-9,11,17H,4-6,10H2,1-3H3. The van der Waals surface area contributed by atoms with Crippen LogP contribution in [0.4, 0.5) is 0 Å². The molecule has 0 saturated carbocycles. The molecule has 2 aromatic rings. The number of likely N-dealkylation sites (N-methyl/N-ethyl adjacent to an activating group) is 1. The van der Waals surface area contributed by atoms with E-state index >= 15 is 0 Å². The van der Waals surface area contributed by atoms with Crippen molar-refractivity contribution in [3.8, 4) is 11.5 Å². The van der Waals surface area contributed by atoms with Crippen molar-refractivity contribution in [2.45, 2.75) is 33.2 Å². The lowest BCUT2D eigenvalue weighted by atomic mass is 10.1. The first-order chi connectivity index (χ1) is 9.69. The number of ether oxygens (including phenoxy) is 2. The van der Waals surface area contributed by atoms with Crippen LogP contribution in [0, 0.1) is 0 Å². The van der Waals surface area contributed by atoms with Gasteiger partial charge in [-0.05, 0) is 38.4 Å². The van der Waals surface area contributed by atoms with Crippen LogP contribution in [-0.2, 0) is 6.42 Å². The van der Waals surface area contributed by atoms with Crippen molar-refractivity contribution in [1.82, 2.24) is 9.88 Å². The fourth-order valence-corrected chi connectivity index (χ4v) is 2.82. The molecular weight excluding hydrogens is 252 g/mol. The molecule has 0 fully saturated rings. The Balaban J connectivity index is 1.82. The SMILES string of the molecule is CCN(CCc1c[nH]c2cc3c(cc12)OCO3)C(C)C. The van der Waals surface area contributed by atoms with E-state index in [4.69, 9.17) is 9.47 Å². The van der Waals surface area contributed by atoms with E-state index in [1.54, 1.807) is 0 Å². The lowest BCUT2D eigenvalue weighted by Gasteiger charge is -2.24. The van der Waals surface area contributed by atoms with E-state index in [1.165, 1.54) is 10.9 Å². The van der Waals surface area contributed by atoms with Crippen molar-refractivity contribution in [3.05, 3.63) is 23.9 Å². The molecular formula is C16H22N2O2. The molecule has 0 spiro atoms. The molecule has 1 aromatic carbocycles. The zero-order chi connectivity index (χ0) is 14.1. The number of nitrogens with one attached hydrogen (secondary N) is 1. The Kier molecular flexibility index (Phi) is 3.57. The summed E-state index contributed by atoms with van der Waals surface area (Å²) in [5, 5.41) is 1.24. The first-order valence-corrected chi connectivity index (χ1v) is 7.32. The lowest BCUT2D eigenvalue weighted by Crippen LogP contribution is -2.32. The summed E-state index contributed by atoms with van der Waals surface area (Å²) in [5.41, 5.74) is 2.47. The number of aromatic amines is 1. The second kappa shape index (κ2) is 5.37. The Bertz CT molecular complexity index is 604. The Morgan fingerprint density at radius 3 is 2.70 bits per heavy atom. The van der Waals surface area contributed by atoms with Crippen LogP contribution < -0.4 is 9.47 Å². The van der Waals surface area contributed by atoms with Crippen LogP contribution in [0.3, 0.4) is 0 Å². The van der Waals surface area contributed by atoms with E-state index in [9.17, 15) is 0 Å². The van der Waals surface area contributed by atoms with Gasteiger partial charge in [0.2, 0.25) is 6.79 Å². The summed E-state index contributed by atoms with van der Waals surface area (Å²) >= 11 is 0. The quantitative estimate of drug-likeness (QED) is 0.910. The van der Waals surface area contributed by atoms with Crippen molar-refractivity contribution in [2.75, 3.05) is 19.9 Å². The second-order valence-electron chi connectivity index (χ2n) is 5.54. The van der Waals surface area contributed by atoms with Gasteiger partial charge >= 0.3 is 0 Å². The molecule has 108 valence electrons. The molecule has 0 atom stereocenters. The highest BCUT2D eigenvalue weighted by molar-refractivity contribution is 5.86. The van der Waals surface area contributed by atoms with Crippen LogP contribution in [-0.4, -0.2) is 35.8 Å². The van der Waals surface area contributed by atoms with Crippen LogP contribution >= 0.6 is 0 Å². The van der Waals surface area contributed by atoms with Gasteiger partial charge < -0.3 is 19.4 Å². The summed E-state index contributed by atoms with van der Waals surface area (Å²) in [6.45, 7) is 9.21. The Hall–Kier alpha value is -1.68. The van der Waals surface area contributed by atoms with Crippen molar-refractivity contribution < 1.29 is 9.47 Å². The third-order valence-electron chi connectivity index (χ3n) is 4.07. The first kappa shape index (κ1) is 13.3. The normalized spacial score (nSPS) is 13.8. The van der Waals surface area contributed by atoms with Gasteiger partial charge in [-0.3, -0.25) is 0 Å². The molecule has 20 heavy (non-hydrogen) atoms. The molecule has 0 bridgehead atoms. The summed E-state index contributed by atoms with van der Waals surface area (Å²) in [6, 6.07) is 4.71. The first-order valence-electron chi connectivity index (χ1n) is 7.32. The van der Waals surface area contributed by atoms with Crippen molar-refractivity contribution >= 4 is 10.9 Å². The maximum Gasteiger partial charge on any atom is 0.231 e. The van der Waals surface area contributed by atoms with Crippen LogP contribution in [0.25, 0.3) is 10.9 Å². The van der Waals surface area contributed by atoms with Crippen LogP contribution in [0.15, 0.2) is 18.3 Å². The van der Waals surface area contributed by atoms with Gasteiger partial charge in [0, 0.05) is 35.8 Å². The minimum absolute atomic E-state index is 0.328. The second-order valence-corrected chi connectivity index (χ2v) is 5.54. The molecule has 1 aromatic heterocycles. The molecule has 1 N–H and O–H groups in total. The average Bonchev–Trinajstić information content (AvgIpc) is 3.03. The summed E-state index contributed by atoms with van der Waals surface area (Å²) in [7, 11) is 0. The van der Waals surface area contributed by atoms with Gasteiger partial charge in [0.1, 0.15) is 0 Å². The maximum atomic E-state index is 5.47. The fraction of sp³-hybridized carbons (Fsp3) is 0.500. The van der Waals surface area contributed by atoms with E-state index in [0.29, 0.717) is 12.8 Å². The van der Waals surface area contributed by atoms with Crippen LogP contribution in [0.5, 0.6) is 11.5 Å². The van der Waals surface area contributed by atoms with Crippen molar-refractivity contribution in [3.63, 3.8) is 0 Å². The van der Waals surface area contributed by atoms with Gasteiger partial charge in [0.05, 0.1) is 0 Å².